The molecule has 7 aliphatic rings. The molecule has 4 heterocycles. The molecule has 8 rings (SSSR count). The van der Waals surface area contributed by atoms with Crippen LogP contribution in [0.4, 0.5) is 0 Å². The van der Waals surface area contributed by atoms with E-state index in [9.17, 15) is 19.5 Å². The van der Waals surface area contributed by atoms with Crippen molar-refractivity contribution in [2.45, 2.75) is 93.8 Å². The third-order valence-corrected chi connectivity index (χ3v) is 11.3. The average Bonchev–Trinajstić information content (AvgIpc) is 4.00. The molecule has 0 radical (unpaired) electrons. The second kappa shape index (κ2) is 11.9. The van der Waals surface area contributed by atoms with Crippen molar-refractivity contribution in [1.29, 1.82) is 0 Å². The first-order valence-corrected chi connectivity index (χ1v) is 17.3. The highest BCUT2D eigenvalue weighted by atomic mass is 16.8. The Hall–Kier alpha value is -3.36. The zero-order valence-electron chi connectivity index (χ0n) is 27.4. The molecule has 7 atom stereocenters. The molecule has 3 amide bonds. The Morgan fingerprint density at radius 1 is 1.08 bits per heavy atom. The van der Waals surface area contributed by atoms with Crippen molar-refractivity contribution in [3.63, 3.8) is 0 Å². The Balaban J connectivity index is 1.15. The molecular formula is C35H44N4O9. The summed E-state index contributed by atoms with van der Waals surface area (Å²) >= 11 is 0. The van der Waals surface area contributed by atoms with Crippen molar-refractivity contribution in [2.75, 3.05) is 33.8 Å². The number of rotatable bonds is 10. The molecule has 2 bridgehead atoms. The Bertz CT molecular complexity index is 1510. The van der Waals surface area contributed by atoms with Crippen LogP contribution in [0.1, 0.15) is 56.1 Å². The molecule has 0 spiro atoms. The molecule has 258 valence electrons. The first-order valence-electron chi connectivity index (χ1n) is 17.3. The standard InChI is InChI=1S/C35H44N4O9/c1-37(2)26(41)13-8-20-5-3-6-21(17-20)19-39-29-32(43)45-25-18-34(29,33(44)38-15-4-7-24(38)31(42)36-14-16-40)30(48-39)28-27(25)46-35(47-28,22-9-10-22)23-11-12-23/h3,5-6,8,13,17,22-25,27-30,40H,4,7,9-12,14-16,18-19H2,1-2H3,(H,36,42)/t24-,25-,27+,28+,29+,30-,34+/m1/s1. The number of nitrogens with one attached hydrogen (secondary N) is 1. The third-order valence-electron chi connectivity index (χ3n) is 11.3. The Morgan fingerprint density at radius 3 is 2.54 bits per heavy atom. The number of likely N-dealkylation sites (N-methyl/N-ethyl adjacent to an activating group) is 1. The minimum atomic E-state index is -1.36. The predicted octanol–water partition coefficient (Wildman–Crippen LogP) is 0.988. The van der Waals surface area contributed by atoms with E-state index in [0.29, 0.717) is 19.4 Å². The fraction of sp³-hybridized carbons (Fsp3) is 0.657. The van der Waals surface area contributed by atoms with Crippen molar-refractivity contribution in [3.05, 3.63) is 41.5 Å². The molecule has 7 fully saturated rings. The van der Waals surface area contributed by atoms with Crippen LogP contribution in [0.2, 0.25) is 0 Å². The topological polar surface area (TPSA) is 147 Å². The highest BCUT2D eigenvalue weighted by Crippen LogP contribution is 2.64. The second-order valence-electron chi connectivity index (χ2n) is 14.6. The van der Waals surface area contributed by atoms with E-state index in [1.807, 2.05) is 24.3 Å². The number of aliphatic hydroxyl groups is 1. The summed E-state index contributed by atoms with van der Waals surface area (Å²) in [7, 11) is 3.38. The van der Waals surface area contributed by atoms with Crippen LogP contribution in [0.5, 0.6) is 0 Å². The van der Waals surface area contributed by atoms with Crippen LogP contribution in [0.25, 0.3) is 6.08 Å². The van der Waals surface area contributed by atoms with Crippen LogP contribution in [-0.2, 0) is 44.8 Å². The molecule has 13 heteroatoms. The molecule has 4 saturated heterocycles. The van der Waals surface area contributed by atoms with E-state index >= 15 is 4.79 Å². The number of likely N-dealkylation sites (tertiary alicyclic amines) is 1. The van der Waals surface area contributed by atoms with Gasteiger partial charge in [-0.3, -0.25) is 24.0 Å². The number of aliphatic hydroxyl groups excluding tert-OH is 1. The van der Waals surface area contributed by atoms with Gasteiger partial charge in [0.05, 0.1) is 13.2 Å². The maximum atomic E-state index is 15.1. The number of hydrogen-bond donors (Lipinski definition) is 2. The summed E-state index contributed by atoms with van der Waals surface area (Å²) in [6, 6.07) is 5.80. The van der Waals surface area contributed by atoms with E-state index < -0.39 is 53.7 Å². The smallest absolute Gasteiger partial charge is 0.327 e. The summed E-state index contributed by atoms with van der Waals surface area (Å²) in [5.74, 6) is -1.55. The van der Waals surface area contributed by atoms with E-state index in [1.165, 1.54) is 11.0 Å². The number of hydrogen-bond acceptors (Lipinski definition) is 10. The summed E-state index contributed by atoms with van der Waals surface area (Å²) < 4.78 is 19.9. The monoisotopic (exact) mass is 664 g/mol. The molecule has 4 aliphatic heterocycles. The number of amides is 3. The van der Waals surface area contributed by atoms with Crippen molar-refractivity contribution in [3.8, 4) is 0 Å². The van der Waals surface area contributed by atoms with Gasteiger partial charge in [-0.1, -0.05) is 24.3 Å². The maximum Gasteiger partial charge on any atom is 0.327 e. The van der Waals surface area contributed by atoms with Crippen LogP contribution in [-0.4, -0.2) is 120 Å². The number of esters is 1. The number of nitrogens with zero attached hydrogens (tertiary/aromatic N) is 3. The molecule has 1 aromatic rings. The zero-order valence-corrected chi connectivity index (χ0v) is 27.4. The molecular weight excluding hydrogens is 620 g/mol. The van der Waals surface area contributed by atoms with E-state index in [4.69, 9.17) is 19.0 Å². The molecule has 0 unspecified atom stereocenters. The molecule has 1 aromatic carbocycles. The average molecular weight is 665 g/mol. The zero-order chi connectivity index (χ0) is 33.4. The van der Waals surface area contributed by atoms with E-state index in [0.717, 1.165) is 36.8 Å². The predicted molar refractivity (Wildman–Crippen MR) is 168 cm³/mol. The fourth-order valence-electron chi connectivity index (χ4n) is 8.78. The summed E-state index contributed by atoms with van der Waals surface area (Å²) in [6.07, 6.45) is 5.89. The quantitative estimate of drug-likeness (QED) is 0.274. The van der Waals surface area contributed by atoms with Crippen LogP contribution in [0.3, 0.4) is 0 Å². The normalized spacial score (nSPS) is 35.1. The van der Waals surface area contributed by atoms with E-state index in [1.54, 1.807) is 30.1 Å². The van der Waals surface area contributed by atoms with Gasteiger partial charge in [0.25, 0.3) is 0 Å². The van der Waals surface area contributed by atoms with Crippen molar-refractivity contribution < 1.29 is 43.3 Å². The SMILES string of the molecule is CN(C)C(=O)C=Cc1cccc(CN2O[C@@H]3[C@H]4OC(C5CC5)(C5CC5)O[C@H]4[C@H]4C[C@]3(C(=O)N3CCC[C@@H]3C(=O)NCCO)[C@@H]2C(=O)O4)c1. The molecule has 3 saturated carbocycles. The number of carbonyl (C=O) groups excluding carboxylic acids is 4. The molecule has 2 N–H and O–H groups in total. The van der Waals surface area contributed by atoms with E-state index in [-0.39, 0.29) is 55.7 Å². The van der Waals surface area contributed by atoms with Gasteiger partial charge in [-0.05, 0) is 55.7 Å². The number of hydroxylamine groups is 2. The third kappa shape index (κ3) is 5.08. The lowest BCUT2D eigenvalue weighted by Gasteiger charge is -2.50. The molecule has 0 aromatic heterocycles. The highest BCUT2D eigenvalue weighted by Gasteiger charge is 2.78. The van der Waals surface area contributed by atoms with Gasteiger partial charge in [0.15, 0.2) is 11.8 Å². The van der Waals surface area contributed by atoms with Crippen molar-refractivity contribution >= 4 is 29.8 Å². The lowest BCUT2D eigenvalue weighted by atomic mass is 9.62. The van der Waals surface area contributed by atoms with Gasteiger partial charge in [-0.25, -0.2) is 0 Å². The fourth-order valence-corrected chi connectivity index (χ4v) is 8.78. The minimum Gasteiger partial charge on any atom is -0.458 e. The van der Waals surface area contributed by atoms with Gasteiger partial charge in [0.1, 0.15) is 35.9 Å². The summed E-state index contributed by atoms with van der Waals surface area (Å²) in [5.41, 5.74) is 0.262. The minimum absolute atomic E-state index is 0.0932. The van der Waals surface area contributed by atoms with Gasteiger partial charge >= 0.3 is 5.97 Å². The van der Waals surface area contributed by atoms with Crippen LogP contribution in [0.15, 0.2) is 30.3 Å². The Kier molecular flexibility index (Phi) is 7.91. The largest absolute Gasteiger partial charge is 0.458 e. The number of benzene rings is 1. The van der Waals surface area contributed by atoms with Gasteiger partial charge in [0, 0.05) is 51.5 Å². The molecule has 48 heavy (non-hydrogen) atoms. The van der Waals surface area contributed by atoms with Crippen molar-refractivity contribution in [1.82, 2.24) is 20.2 Å². The molecule has 3 aliphatic carbocycles. The summed E-state index contributed by atoms with van der Waals surface area (Å²) in [4.78, 5) is 64.4. The highest BCUT2D eigenvalue weighted by molar-refractivity contribution is 5.96. The lowest BCUT2D eigenvalue weighted by Crippen LogP contribution is -2.70. The van der Waals surface area contributed by atoms with E-state index in [2.05, 4.69) is 5.32 Å². The summed E-state index contributed by atoms with van der Waals surface area (Å²) in [6.45, 7) is 0.435. The van der Waals surface area contributed by atoms with Gasteiger partial charge in [-0.15, -0.1) is 0 Å². The molecule has 13 nitrogen and oxygen atoms in total. The Labute approximate surface area is 279 Å². The van der Waals surface area contributed by atoms with Gasteiger partial charge in [-0.2, -0.15) is 5.06 Å². The van der Waals surface area contributed by atoms with Crippen LogP contribution in [0, 0.1) is 17.3 Å². The maximum absolute atomic E-state index is 15.1. The lowest BCUT2D eigenvalue weighted by molar-refractivity contribution is -0.235. The van der Waals surface area contributed by atoms with Crippen LogP contribution >= 0.6 is 0 Å². The van der Waals surface area contributed by atoms with Crippen molar-refractivity contribution in [2.24, 2.45) is 17.3 Å². The second-order valence-corrected chi connectivity index (χ2v) is 14.6. The van der Waals surface area contributed by atoms with Crippen LogP contribution < -0.4 is 5.32 Å². The number of carbonyl (C=O) groups is 4. The first-order chi connectivity index (χ1) is 23.2. The number of fused-ring (bicyclic) bond motifs is 4. The van der Waals surface area contributed by atoms with Gasteiger partial charge in [0.2, 0.25) is 17.7 Å². The summed E-state index contributed by atoms with van der Waals surface area (Å²) in [5, 5.41) is 13.6. The van der Waals surface area contributed by atoms with Gasteiger partial charge < -0.3 is 34.4 Å². The first kappa shape index (κ1) is 31.9. The Morgan fingerprint density at radius 2 is 1.83 bits per heavy atom. The number of ether oxygens (including phenoxy) is 3.